The lowest BCUT2D eigenvalue weighted by molar-refractivity contribution is -0.136. The van der Waals surface area contributed by atoms with Gasteiger partial charge in [0.2, 0.25) is 0 Å². The summed E-state index contributed by atoms with van der Waals surface area (Å²) in [5.74, 6) is -0.447. The van der Waals surface area contributed by atoms with E-state index in [9.17, 15) is 9.59 Å². The minimum absolute atomic E-state index is 0.215. The molecule has 0 radical (unpaired) electrons. The lowest BCUT2D eigenvalue weighted by Crippen LogP contribution is -2.07. The standard InChI is InChI=1S/C25H18INO6/c1-31-21-13-16(11-19-22(27-33-25(19)30)17-5-3-2-4-6-17)12-20(26)23(21)32-14-15-7-9-18(10-8-15)24(28)29/h2-13H,14H2,1H3,(H,28,29)/b19-11-. The number of methoxy groups -OCH3 is 1. The van der Waals surface area contributed by atoms with Crippen molar-refractivity contribution < 1.29 is 29.0 Å². The Labute approximate surface area is 203 Å². The number of aromatic carboxylic acids is 1. The Morgan fingerprint density at radius 3 is 2.52 bits per heavy atom. The zero-order chi connectivity index (χ0) is 23.4. The summed E-state index contributed by atoms with van der Waals surface area (Å²) in [7, 11) is 1.54. The van der Waals surface area contributed by atoms with Crippen LogP contribution in [0.2, 0.25) is 0 Å². The second-order valence-electron chi connectivity index (χ2n) is 7.07. The van der Waals surface area contributed by atoms with Gasteiger partial charge in [-0.1, -0.05) is 47.6 Å². The van der Waals surface area contributed by atoms with Gasteiger partial charge < -0.3 is 19.4 Å². The number of carboxylic acids is 1. The van der Waals surface area contributed by atoms with Crippen LogP contribution in [0.4, 0.5) is 0 Å². The molecule has 8 heteroatoms. The van der Waals surface area contributed by atoms with Crippen LogP contribution in [-0.2, 0) is 16.2 Å². The third kappa shape index (κ3) is 5.06. The van der Waals surface area contributed by atoms with Gasteiger partial charge in [0, 0.05) is 5.56 Å². The molecule has 1 heterocycles. The molecule has 3 aromatic carbocycles. The molecule has 4 rings (SSSR count). The number of ether oxygens (including phenoxy) is 2. The fourth-order valence-electron chi connectivity index (χ4n) is 3.24. The molecule has 0 amide bonds. The van der Waals surface area contributed by atoms with Crippen molar-refractivity contribution >= 4 is 46.3 Å². The maximum Gasteiger partial charge on any atom is 0.368 e. The van der Waals surface area contributed by atoms with Gasteiger partial charge in [-0.2, -0.15) is 0 Å². The Bertz CT molecular complexity index is 1270. The number of benzene rings is 3. The summed E-state index contributed by atoms with van der Waals surface area (Å²) in [6.45, 7) is 0.240. The first-order chi connectivity index (χ1) is 16.0. The van der Waals surface area contributed by atoms with Crippen molar-refractivity contribution in [2.24, 2.45) is 5.16 Å². The molecule has 0 aliphatic carbocycles. The van der Waals surface area contributed by atoms with E-state index in [-0.39, 0.29) is 12.2 Å². The van der Waals surface area contributed by atoms with Crippen LogP contribution < -0.4 is 9.47 Å². The van der Waals surface area contributed by atoms with Gasteiger partial charge in [-0.05, 0) is 64.1 Å². The van der Waals surface area contributed by atoms with E-state index in [2.05, 4.69) is 27.7 Å². The average molecular weight is 555 g/mol. The quantitative estimate of drug-likeness (QED) is 0.253. The van der Waals surface area contributed by atoms with E-state index in [1.807, 2.05) is 36.4 Å². The highest BCUT2D eigenvalue weighted by molar-refractivity contribution is 14.1. The van der Waals surface area contributed by atoms with Gasteiger partial charge in [-0.3, -0.25) is 0 Å². The number of nitrogens with zero attached hydrogens (tertiary/aromatic N) is 1. The van der Waals surface area contributed by atoms with E-state index in [1.165, 1.54) is 19.2 Å². The molecule has 0 bridgehead atoms. The molecule has 7 nitrogen and oxygen atoms in total. The van der Waals surface area contributed by atoms with Crippen LogP contribution in [0.25, 0.3) is 6.08 Å². The molecule has 1 aliphatic rings. The first kappa shape index (κ1) is 22.5. The monoisotopic (exact) mass is 555 g/mol. The van der Waals surface area contributed by atoms with Crippen LogP contribution >= 0.6 is 22.6 Å². The number of carbonyl (C=O) groups is 2. The number of hydrogen-bond acceptors (Lipinski definition) is 6. The van der Waals surface area contributed by atoms with Gasteiger partial charge in [0.15, 0.2) is 11.5 Å². The molecule has 0 spiro atoms. The number of carbonyl (C=O) groups excluding carboxylic acids is 1. The van der Waals surface area contributed by atoms with E-state index in [4.69, 9.17) is 19.4 Å². The van der Waals surface area contributed by atoms with Crippen LogP contribution in [0, 0.1) is 3.57 Å². The largest absolute Gasteiger partial charge is 0.493 e. The fourth-order valence-corrected chi connectivity index (χ4v) is 4.02. The molecule has 1 N–H and O–H groups in total. The van der Waals surface area contributed by atoms with E-state index in [0.29, 0.717) is 22.8 Å². The molecule has 0 fully saturated rings. The number of halogens is 1. The van der Waals surface area contributed by atoms with Gasteiger partial charge in [0.05, 0.1) is 21.8 Å². The first-order valence-corrected chi connectivity index (χ1v) is 10.9. The molecule has 0 unspecified atom stereocenters. The van der Waals surface area contributed by atoms with Gasteiger partial charge in [0.25, 0.3) is 0 Å². The van der Waals surface area contributed by atoms with E-state index >= 15 is 0 Å². The summed E-state index contributed by atoms with van der Waals surface area (Å²) in [4.78, 5) is 28.2. The van der Waals surface area contributed by atoms with Gasteiger partial charge in [-0.25, -0.2) is 9.59 Å². The lowest BCUT2D eigenvalue weighted by Gasteiger charge is -2.14. The van der Waals surface area contributed by atoms with Crippen molar-refractivity contribution in [1.29, 1.82) is 0 Å². The zero-order valence-electron chi connectivity index (χ0n) is 17.4. The smallest absolute Gasteiger partial charge is 0.368 e. The van der Waals surface area contributed by atoms with Crippen molar-refractivity contribution in [2.45, 2.75) is 6.61 Å². The highest BCUT2D eigenvalue weighted by Gasteiger charge is 2.27. The summed E-state index contributed by atoms with van der Waals surface area (Å²) in [5.41, 5.74) is 3.37. The second kappa shape index (κ2) is 9.86. The Morgan fingerprint density at radius 1 is 1.12 bits per heavy atom. The van der Waals surface area contributed by atoms with E-state index in [1.54, 1.807) is 24.3 Å². The zero-order valence-corrected chi connectivity index (χ0v) is 19.6. The lowest BCUT2D eigenvalue weighted by atomic mass is 10.0. The molecule has 33 heavy (non-hydrogen) atoms. The molecule has 0 saturated heterocycles. The van der Waals surface area contributed by atoms with Gasteiger partial charge in [-0.15, -0.1) is 0 Å². The Balaban J connectivity index is 1.59. The Hall–Kier alpha value is -3.66. The molecule has 0 aromatic heterocycles. The van der Waals surface area contributed by atoms with Crippen molar-refractivity contribution in [2.75, 3.05) is 7.11 Å². The van der Waals surface area contributed by atoms with Crippen LogP contribution in [0.3, 0.4) is 0 Å². The van der Waals surface area contributed by atoms with Crippen molar-refractivity contribution in [3.63, 3.8) is 0 Å². The molecule has 166 valence electrons. The van der Waals surface area contributed by atoms with Crippen LogP contribution in [0.15, 0.2) is 77.5 Å². The predicted molar refractivity (Wildman–Crippen MR) is 130 cm³/mol. The van der Waals surface area contributed by atoms with Crippen molar-refractivity contribution in [3.8, 4) is 11.5 Å². The number of hydrogen-bond donors (Lipinski definition) is 1. The summed E-state index contributed by atoms with van der Waals surface area (Å²) in [5, 5.41) is 13.0. The topological polar surface area (TPSA) is 94.4 Å². The van der Waals surface area contributed by atoms with Crippen LogP contribution in [0.1, 0.15) is 27.0 Å². The van der Waals surface area contributed by atoms with Crippen LogP contribution in [-0.4, -0.2) is 29.9 Å². The molecule has 0 atom stereocenters. The minimum atomic E-state index is -0.977. The molecule has 1 aliphatic heterocycles. The number of oxime groups is 1. The molecular formula is C25H18INO6. The number of carboxylic acid groups (broad SMARTS) is 1. The first-order valence-electron chi connectivity index (χ1n) is 9.85. The molecule has 0 saturated carbocycles. The predicted octanol–water partition coefficient (Wildman–Crippen LogP) is 4.92. The third-order valence-corrected chi connectivity index (χ3v) is 5.69. The van der Waals surface area contributed by atoms with Gasteiger partial charge in [0.1, 0.15) is 12.3 Å². The van der Waals surface area contributed by atoms with E-state index in [0.717, 1.165) is 20.3 Å². The normalized spacial score (nSPS) is 14.1. The minimum Gasteiger partial charge on any atom is -0.493 e. The summed E-state index contributed by atoms with van der Waals surface area (Å²) < 4.78 is 12.3. The Morgan fingerprint density at radius 2 is 1.85 bits per heavy atom. The fraction of sp³-hybridized carbons (Fsp3) is 0.0800. The Kier molecular flexibility index (Phi) is 6.74. The summed E-state index contributed by atoms with van der Waals surface area (Å²) in [6.07, 6.45) is 1.71. The molecule has 3 aromatic rings. The summed E-state index contributed by atoms with van der Waals surface area (Å²) in [6, 6.07) is 19.5. The van der Waals surface area contributed by atoms with E-state index < -0.39 is 11.9 Å². The van der Waals surface area contributed by atoms with Crippen molar-refractivity contribution in [1.82, 2.24) is 0 Å². The molecular weight excluding hydrogens is 537 g/mol. The average Bonchev–Trinajstić information content (AvgIpc) is 3.18. The maximum absolute atomic E-state index is 12.3. The third-order valence-electron chi connectivity index (χ3n) is 4.89. The second-order valence-corrected chi connectivity index (χ2v) is 8.23. The highest BCUT2D eigenvalue weighted by atomic mass is 127. The number of rotatable bonds is 7. The van der Waals surface area contributed by atoms with Crippen molar-refractivity contribution in [3.05, 3.63) is 98.1 Å². The SMILES string of the molecule is COc1cc(/C=C2\C(=O)ON=C2c2ccccc2)cc(I)c1OCc1ccc(C(=O)O)cc1. The van der Waals surface area contributed by atoms with Gasteiger partial charge >= 0.3 is 11.9 Å². The highest BCUT2D eigenvalue weighted by Crippen LogP contribution is 2.35. The van der Waals surface area contributed by atoms with Crippen LogP contribution in [0.5, 0.6) is 11.5 Å². The summed E-state index contributed by atoms with van der Waals surface area (Å²) >= 11 is 2.14. The maximum atomic E-state index is 12.3.